The molecular formula is C10H12ClNO2. The van der Waals surface area contributed by atoms with Gasteiger partial charge in [-0.15, -0.1) is 0 Å². The number of benzene rings is 1. The summed E-state index contributed by atoms with van der Waals surface area (Å²) in [5, 5.41) is 0.401. The summed E-state index contributed by atoms with van der Waals surface area (Å²) in [5.41, 5.74) is 6.44. The van der Waals surface area contributed by atoms with Gasteiger partial charge in [-0.3, -0.25) is 4.79 Å². The van der Waals surface area contributed by atoms with Crippen LogP contribution < -0.4 is 10.5 Å². The van der Waals surface area contributed by atoms with Gasteiger partial charge in [0, 0.05) is 6.07 Å². The fraction of sp³-hybridized carbons (Fsp3) is 0.300. The van der Waals surface area contributed by atoms with Gasteiger partial charge in [-0.05, 0) is 19.9 Å². The number of anilines is 1. The number of hydrogen-bond acceptors (Lipinski definition) is 3. The molecule has 2 N–H and O–H groups in total. The highest BCUT2D eigenvalue weighted by Crippen LogP contribution is 2.29. The summed E-state index contributed by atoms with van der Waals surface area (Å²) in [6.07, 6.45) is 0. The van der Waals surface area contributed by atoms with Gasteiger partial charge >= 0.3 is 0 Å². The maximum absolute atomic E-state index is 11.2. The Labute approximate surface area is 87.8 Å². The van der Waals surface area contributed by atoms with Crippen LogP contribution in [0.3, 0.4) is 0 Å². The molecule has 0 fully saturated rings. The van der Waals surface area contributed by atoms with Crippen molar-refractivity contribution in [2.75, 3.05) is 12.3 Å². The Morgan fingerprint density at radius 1 is 1.57 bits per heavy atom. The molecular weight excluding hydrogens is 202 g/mol. The van der Waals surface area contributed by atoms with Crippen LogP contribution in [-0.4, -0.2) is 12.4 Å². The van der Waals surface area contributed by atoms with Crippen molar-refractivity contribution in [2.24, 2.45) is 0 Å². The Morgan fingerprint density at radius 2 is 2.21 bits per heavy atom. The minimum Gasteiger partial charge on any atom is -0.493 e. The van der Waals surface area contributed by atoms with Crippen LogP contribution in [0.15, 0.2) is 12.1 Å². The number of carbonyl (C=O) groups excluding carboxylic acids is 1. The third-order valence-electron chi connectivity index (χ3n) is 1.78. The topological polar surface area (TPSA) is 52.3 Å². The third-order valence-corrected chi connectivity index (χ3v) is 2.11. The van der Waals surface area contributed by atoms with Crippen LogP contribution in [-0.2, 0) is 0 Å². The molecule has 0 saturated heterocycles. The van der Waals surface area contributed by atoms with E-state index >= 15 is 0 Å². The summed E-state index contributed by atoms with van der Waals surface area (Å²) in [6, 6.07) is 3.10. The monoisotopic (exact) mass is 213 g/mol. The van der Waals surface area contributed by atoms with Gasteiger partial charge in [-0.25, -0.2) is 0 Å². The van der Waals surface area contributed by atoms with Gasteiger partial charge < -0.3 is 10.5 Å². The number of halogens is 1. The number of ether oxygens (including phenoxy) is 1. The van der Waals surface area contributed by atoms with Crippen molar-refractivity contribution in [3.8, 4) is 5.75 Å². The summed E-state index contributed by atoms with van der Waals surface area (Å²) in [5.74, 6) is 0.399. The minimum absolute atomic E-state index is 0.0863. The fourth-order valence-corrected chi connectivity index (χ4v) is 1.28. The van der Waals surface area contributed by atoms with Crippen LogP contribution in [0.2, 0.25) is 5.02 Å². The lowest BCUT2D eigenvalue weighted by atomic mass is 10.1. The molecule has 0 unspecified atom stereocenters. The van der Waals surface area contributed by atoms with E-state index < -0.39 is 0 Å². The largest absolute Gasteiger partial charge is 0.493 e. The van der Waals surface area contributed by atoms with Crippen LogP contribution in [0.1, 0.15) is 24.2 Å². The van der Waals surface area contributed by atoms with E-state index in [1.54, 1.807) is 6.07 Å². The van der Waals surface area contributed by atoms with Crippen LogP contribution in [0.25, 0.3) is 0 Å². The quantitative estimate of drug-likeness (QED) is 0.620. The fourth-order valence-electron chi connectivity index (χ4n) is 1.12. The van der Waals surface area contributed by atoms with Crippen molar-refractivity contribution < 1.29 is 9.53 Å². The lowest BCUT2D eigenvalue weighted by Gasteiger charge is -2.09. The van der Waals surface area contributed by atoms with E-state index in [9.17, 15) is 4.79 Å². The number of Topliss-reactive ketones (excluding diaryl/α,β-unsaturated/α-hetero) is 1. The van der Waals surface area contributed by atoms with Gasteiger partial charge in [0.15, 0.2) is 5.78 Å². The predicted octanol–water partition coefficient (Wildman–Crippen LogP) is 2.52. The van der Waals surface area contributed by atoms with Gasteiger partial charge in [0.05, 0.1) is 22.9 Å². The standard InChI is InChI=1S/C10H12ClNO2/c1-3-14-10-5-8(11)9(12)4-7(10)6(2)13/h4-5H,3,12H2,1-2H3. The molecule has 0 heterocycles. The number of ketones is 1. The van der Waals surface area contributed by atoms with Crippen molar-refractivity contribution in [3.05, 3.63) is 22.7 Å². The molecule has 3 nitrogen and oxygen atoms in total. The number of carbonyl (C=O) groups is 1. The highest BCUT2D eigenvalue weighted by atomic mass is 35.5. The first-order chi connectivity index (χ1) is 6.56. The molecule has 0 aromatic heterocycles. The summed E-state index contributed by atoms with van der Waals surface area (Å²) in [4.78, 5) is 11.2. The van der Waals surface area contributed by atoms with E-state index in [0.29, 0.717) is 28.6 Å². The highest BCUT2D eigenvalue weighted by Gasteiger charge is 2.11. The average Bonchev–Trinajstić information content (AvgIpc) is 2.11. The Hall–Kier alpha value is -1.22. The number of hydrogen-bond donors (Lipinski definition) is 1. The molecule has 0 saturated carbocycles. The second kappa shape index (κ2) is 4.33. The van der Waals surface area contributed by atoms with Crippen molar-refractivity contribution >= 4 is 23.1 Å². The second-order valence-corrected chi connectivity index (χ2v) is 3.27. The van der Waals surface area contributed by atoms with Crippen molar-refractivity contribution in [1.29, 1.82) is 0 Å². The number of nitrogens with two attached hydrogens (primary N) is 1. The summed E-state index contributed by atoms with van der Waals surface area (Å²) >= 11 is 5.81. The predicted molar refractivity (Wildman–Crippen MR) is 57.0 cm³/mol. The maximum Gasteiger partial charge on any atom is 0.163 e. The summed E-state index contributed by atoms with van der Waals surface area (Å²) < 4.78 is 5.27. The third kappa shape index (κ3) is 2.17. The van der Waals surface area contributed by atoms with E-state index in [-0.39, 0.29) is 5.78 Å². The molecule has 0 bridgehead atoms. The minimum atomic E-state index is -0.0863. The molecule has 0 amide bonds. The lowest BCUT2D eigenvalue weighted by Crippen LogP contribution is -2.02. The van der Waals surface area contributed by atoms with Crippen molar-refractivity contribution in [3.63, 3.8) is 0 Å². The zero-order chi connectivity index (χ0) is 10.7. The van der Waals surface area contributed by atoms with E-state index in [1.807, 2.05) is 6.92 Å². The number of nitrogen functional groups attached to an aromatic ring is 1. The lowest BCUT2D eigenvalue weighted by molar-refractivity contribution is 0.101. The van der Waals surface area contributed by atoms with Crippen molar-refractivity contribution in [2.45, 2.75) is 13.8 Å². The van der Waals surface area contributed by atoms with E-state index in [2.05, 4.69) is 0 Å². The van der Waals surface area contributed by atoms with Gasteiger partial charge in [-0.2, -0.15) is 0 Å². The molecule has 4 heteroatoms. The second-order valence-electron chi connectivity index (χ2n) is 2.86. The smallest absolute Gasteiger partial charge is 0.163 e. The molecule has 0 aliphatic heterocycles. The summed E-state index contributed by atoms with van der Waals surface area (Å²) in [7, 11) is 0. The molecule has 0 aliphatic carbocycles. The zero-order valence-electron chi connectivity index (χ0n) is 8.13. The van der Waals surface area contributed by atoms with Crippen molar-refractivity contribution in [1.82, 2.24) is 0 Å². The zero-order valence-corrected chi connectivity index (χ0v) is 8.89. The van der Waals surface area contributed by atoms with Crippen LogP contribution in [0.4, 0.5) is 5.69 Å². The molecule has 1 aromatic rings. The first-order valence-electron chi connectivity index (χ1n) is 4.29. The first kappa shape index (κ1) is 10.9. The summed E-state index contributed by atoms with van der Waals surface area (Å²) in [6.45, 7) is 3.79. The SMILES string of the molecule is CCOc1cc(Cl)c(N)cc1C(C)=O. The van der Waals surface area contributed by atoms with Crippen LogP contribution in [0, 0.1) is 0 Å². The molecule has 1 aromatic carbocycles. The molecule has 0 aliphatic rings. The molecule has 0 spiro atoms. The first-order valence-corrected chi connectivity index (χ1v) is 4.66. The molecule has 1 rings (SSSR count). The Kier molecular flexibility index (Phi) is 3.36. The van der Waals surface area contributed by atoms with Crippen LogP contribution >= 0.6 is 11.6 Å². The Bertz CT molecular complexity index is 363. The van der Waals surface area contributed by atoms with E-state index in [0.717, 1.165) is 0 Å². The molecule has 14 heavy (non-hydrogen) atoms. The van der Waals surface area contributed by atoms with Crippen LogP contribution in [0.5, 0.6) is 5.75 Å². The van der Waals surface area contributed by atoms with Gasteiger partial charge in [0.2, 0.25) is 0 Å². The van der Waals surface area contributed by atoms with Gasteiger partial charge in [0.1, 0.15) is 5.75 Å². The Morgan fingerprint density at radius 3 is 2.71 bits per heavy atom. The maximum atomic E-state index is 11.2. The van der Waals surface area contributed by atoms with E-state index in [1.165, 1.54) is 13.0 Å². The molecule has 0 atom stereocenters. The van der Waals surface area contributed by atoms with E-state index in [4.69, 9.17) is 22.1 Å². The molecule has 76 valence electrons. The number of rotatable bonds is 3. The Balaban J connectivity index is 3.24. The van der Waals surface area contributed by atoms with Gasteiger partial charge in [-0.1, -0.05) is 11.6 Å². The normalized spacial score (nSPS) is 9.93. The molecule has 0 radical (unpaired) electrons. The highest BCUT2D eigenvalue weighted by molar-refractivity contribution is 6.33. The average molecular weight is 214 g/mol. The van der Waals surface area contributed by atoms with Gasteiger partial charge in [0.25, 0.3) is 0 Å².